The zero-order chi connectivity index (χ0) is 16.8. The summed E-state index contributed by atoms with van der Waals surface area (Å²) in [7, 11) is 0. The Morgan fingerprint density at radius 2 is 1.96 bits per heavy atom. The van der Waals surface area contributed by atoms with Gasteiger partial charge in [-0.2, -0.15) is 0 Å². The first kappa shape index (κ1) is 15.9. The van der Waals surface area contributed by atoms with Crippen LogP contribution in [0.3, 0.4) is 0 Å². The summed E-state index contributed by atoms with van der Waals surface area (Å²) in [5, 5.41) is 10.8. The normalized spacial score (nSPS) is 10.5. The van der Waals surface area contributed by atoms with Gasteiger partial charge in [0.15, 0.2) is 0 Å². The number of nitrogens with zero attached hydrogens (tertiary/aromatic N) is 3. The van der Waals surface area contributed by atoms with E-state index in [-0.39, 0.29) is 5.91 Å². The third-order valence-corrected chi connectivity index (χ3v) is 3.65. The van der Waals surface area contributed by atoms with Crippen molar-refractivity contribution in [2.45, 2.75) is 26.3 Å². The molecule has 0 aliphatic carbocycles. The first-order valence-corrected chi connectivity index (χ1v) is 7.77. The van der Waals surface area contributed by atoms with E-state index in [4.69, 9.17) is 4.42 Å². The van der Waals surface area contributed by atoms with Crippen molar-refractivity contribution >= 4 is 5.91 Å². The van der Waals surface area contributed by atoms with Gasteiger partial charge in [-0.25, -0.2) is 0 Å². The maximum absolute atomic E-state index is 12.0. The highest BCUT2D eigenvalue weighted by atomic mass is 16.4. The average molecular weight is 322 g/mol. The molecule has 0 saturated heterocycles. The van der Waals surface area contributed by atoms with Crippen LogP contribution in [0.2, 0.25) is 0 Å². The number of rotatable bonds is 6. The van der Waals surface area contributed by atoms with Crippen LogP contribution in [0.5, 0.6) is 0 Å². The van der Waals surface area contributed by atoms with E-state index in [1.807, 2.05) is 43.3 Å². The maximum atomic E-state index is 12.0. The van der Waals surface area contributed by atoms with Gasteiger partial charge in [-0.1, -0.05) is 30.3 Å². The molecular formula is C18H18N4O2. The Bertz CT molecular complexity index is 815. The first-order valence-electron chi connectivity index (χ1n) is 7.77. The van der Waals surface area contributed by atoms with E-state index < -0.39 is 0 Å². The van der Waals surface area contributed by atoms with Crippen molar-refractivity contribution in [3.05, 3.63) is 65.7 Å². The van der Waals surface area contributed by atoms with Gasteiger partial charge in [-0.05, 0) is 30.2 Å². The lowest BCUT2D eigenvalue weighted by atomic mass is 10.1. The lowest BCUT2D eigenvalue weighted by Crippen LogP contribution is -2.23. The molecule has 0 unspecified atom stereocenters. The number of aromatic nitrogens is 3. The van der Waals surface area contributed by atoms with Gasteiger partial charge < -0.3 is 9.73 Å². The van der Waals surface area contributed by atoms with Crippen molar-refractivity contribution < 1.29 is 9.21 Å². The van der Waals surface area contributed by atoms with Crippen LogP contribution in [0.4, 0.5) is 0 Å². The van der Waals surface area contributed by atoms with Gasteiger partial charge in [0.1, 0.15) is 5.69 Å². The van der Waals surface area contributed by atoms with E-state index in [0.717, 1.165) is 11.1 Å². The summed E-state index contributed by atoms with van der Waals surface area (Å²) in [5.74, 6) is 0.753. The van der Waals surface area contributed by atoms with E-state index in [0.29, 0.717) is 36.9 Å². The third kappa shape index (κ3) is 4.04. The van der Waals surface area contributed by atoms with Crippen LogP contribution in [-0.4, -0.2) is 21.1 Å². The monoisotopic (exact) mass is 322 g/mol. The van der Waals surface area contributed by atoms with Gasteiger partial charge in [0.2, 0.25) is 11.8 Å². The minimum Gasteiger partial charge on any atom is -0.419 e. The second-order valence-corrected chi connectivity index (χ2v) is 5.42. The number of hydrogen-bond acceptors (Lipinski definition) is 5. The van der Waals surface area contributed by atoms with Crippen LogP contribution in [-0.2, 0) is 17.8 Å². The van der Waals surface area contributed by atoms with E-state index in [9.17, 15) is 4.79 Å². The van der Waals surface area contributed by atoms with Crippen LogP contribution < -0.4 is 5.32 Å². The molecule has 1 N–H and O–H groups in total. The lowest BCUT2D eigenvalue weighted by molar-refractivity contribution is -0.121. The fourth-order valence-electron chi connectivity index (χ4n) is 2.26. The van der Waals surface area contributed by atoms with Crippen molar-refractivity contribution in [2.75, 3.05) is 0 Å². The predicted molar refractivity (Wildman–Crippen MR) is 88.9 cm³/mol. The van der Waals surface area contributed by atoms with Crippen LogP contribution in [0.25, 0.3) is 11.6 Å². The number of nitrogens with one attached hydrogen (secondary N) is 1. The molecule has 6 heteroatoms. The van der Waals surface area contributed by atoms with E-state index in [1.54, 1.807) is 12.3 Å². The highest BCUT2D eigenvalue weighted by Gasteiger charge is 2.11. The average Bonchev–Trinajstić information content (AvgIpc) is 3.09. The zero-order valence-corrected chi connectivity index (χ0v) is 13.4. The predicted octanol–water partition coefficient (Wildman–Crippen LogP) is 2.69. The number of hydrogen-bond donors (Lipinski definition) is 1. The standard InChI is InChI=1S/C18H18N4O2/c1-13-6-2-3-7-14(13)12-20-16(23)9-10-17-21-22-18(24-17)15-8-4-5-11-19-15/h2-8,11H,9-10,12H2,1H3,(H,20,23). The fourth-order valence-corrected chi connectivity index (χ4v) is 2.26. The molecule has 24 heavy (non-hydrogen) atoms. The smallest absolute Gasteiger partial charge is 0.266 e. The van der Waals surface area contributed by atoms with Gasteiger partial charge in [-0.3, -0.25) is 9.78 Å². The van der Waals surface area contributed by atoms with Crippen molar-refractivity contribution in [1.29, 1.82) is 0 Å². The van der Waals surface area contributed by atoms with Crippen molar-refractivity contribution in [3.63, 3.8) is 0 Å². The Balaban J connectivity index is 1.50. The Morgan fingerprint density at radius 3 is 2.75 bits per heavy atom. The first-order chi connectivity index (χ1) is 11.7. The van der Waals surface area contributed by atoms with E-state index in [2.05, 4.69) is 20.5 Å². The maximum Gasteiger partial charge on any atom is 0.266 e. The highest BCUT2D eigenvalue weighted by Crippen LogP contribution is 2.15. The summed E-state index contributed by atoms with van der Waals surface area (Å²) < 4.78 is 5.54. The Labute approximate surface area is 140 Å². The van der Waals surface area contributed by atoms with E-state index >= 15 is 0 Å². The van der Waals surface area contributed by atoms with Crippen molar-refractivity contribution in [1.82, 2.24) is 20.5 Å². The topological polar surface area (TPSA) is 80.9 Å². The molecule has 0 aliphatic heterocycles. The number of benzene rings is 1. The molecule has 1 amide bonds. The molecule has 0 aliphatic rings. The molecule has 3 aromatic rings. The van der Waals surface area contributed by atoms with Crippen LogP contribution in [0, 0.1) is 6.92 Å². The lowest BCUT2D eigenvalue weighted by Gasteiger charge is -2.07. The van der Waals surface area contributed by atoms with E-state index in [1.165, 1.54) is 0 Å². The molecule has 2 heterocycles. The Hall–Kier alpha value is -3.02. The largest absolute Gasteiger partial charge is 0.419 e. The summed E-state index contributed by atoms with van der Waals surface area (Å²) in [6.45, 7) is 2.55. The van der Waals surface area contributed by atoms with Gasteiger partial charge in [0, 0.05) is 25.6 Å². The summed E-state index contributed by atoms with van der Waals surface area (Å²) in [6.07, 6.45) is 2.37. The van der Waals surface area contributed by atoms with Gasteiger partial charge >= 0.3 is 0 Å². The molecule has 0 bridgehead atoms. The summed E-state index contributed by atoms with van der Waals surface area (Å²) in [4.78, 5) is 16.1. The minimum atomic E-state index is -0.0455. The molecule has 0 saturated carbocycles. The molecule has 6 nitrogen and oxygen atoms in total. The quantitative estimate of drug-likeness (QED) is 0.754. The van der Waals surface area contributed by atoms with Crippen LogP contribution >= 0.6 is 0 Å². The summed E-state index contributed by atoms with van der Waals surface area (Å²) in [5.41, 5.74) is 2.90. The molecular weight excluding hydrogens is 304 g/mol. The van der Waals surface area contributed by atoms with Crippen molar-refractivity contribution in [3.8, 4) is 11.6 Å². The Kier molecular flexibility index (Phi) is 4.96. The number of carbonyl (C=O) groups is 1. The van der Waals surface area contributed by atoms with Crippen LogP contribution in [0.1, 0.15) is 23.4 Å². The number of pyridine rings is 1. The Morgan fingerprint density at radius 1 is 1.12 bits per heavy atom. The van der Waals surface area contributed by atoms with Gasteiger partial charge in [-0.15, -0.1) is 10.2 Å². The molecule has 0 spiro atoms. The molecule has 2 aromatic heterocycles. The molecule has 1 aromatic carbocycles. The third-order valence-electron chi connectivity index (χ3n) is 3.65. The molecule has 122 valence electrons. The second kappa shape index (κ2) is 7.50. The fraction of sp³-hybridized carbons (Fsp3) is 0.222. The molecule has 3 rings (SSSR count). The number of carbonyl (C=O) groups excluding carboxylic acids is 1. The highest BCUT2D eigenvalue weighted by molar-refractivity contribution is 5.76. The molecule has 0 radical (unpaired) electrons. The van der Waals surface area contributed by atoms with Gasteiger partial charge in [0.05, 0.1) is 0 Å². The SMILES string of the molecule is Cc1ccccc1CNC(=O)CCc1nnc(-c2ccccn2)o1. The number of aryl methyl sites for hydroxylation is 2. The molecule has 0 fully saturated rings. The summed E-state index contributed by atoms with van der Waals surface area (Å²) in [6, 6.07) is 13.4. The zero-order valence-electron chi connectivity index (χ0n) is 13.4. The summed E-state index contributed by atoms with van der Waals surface area (Å²) >= 11 is 0. The molecule has 0 atom stereocenters. The second-order valence-electron chi connectivity index (χ2n) is 5.42. The number of amides is 1. The van der Waals surface area contributed by atoms with Crippen LogP contribution in [0.15, 0.2) is 53.1 Å². The van der Waals surface area contributed by atoms with Gasteiger partial charge in [0.25, 0.3) is 5.89 Å². The van der Waals surface area contributed by atoms with Crippen molar-refractivity contribution in [2.24, 2.45) is 0 Å². The minimum absolute atomic E-state index is 0.0455.